The van der Waals surface area contributed by atoms with Crippen LogP contribution in [-0.4, -0.2) is 44.3 Å². The smallest absolute Gasteiger partial charge is 0.317 e. The summed E-state index contributed by atoms with van der Waals surface area (Å²) in [7, 11) is 0. The van der Waals surface area contributed by atoms with Crippen molar-refractivity contribution >= 4 is 6.03 Å². The van der Waals surface area contributed by atoms with Crippen molar-refractivity contribution in [2.75, 3.05) is 13.1 Å². The third-order valence-electron chi connectivity index (χ3n) is 4.67. The molecule has 0 saturated carbocycles. The summed E-state index contributed by atoms with van der Waals surface area (Å²) in [6.07, 6.45) is 0.254. The zero-order chi connectivity index (χ0) is 18.0. The molecule has 25 heavy (non-hydrogen) atoms. The molecule has 1 fully saturated rings. The Morgan fingerprint density at radius 2 is 2.28 bits per heavy atom. The number of aromatic amines is 1. The normalized spacial score (nSPS) is 18.4. The molecule has 3 N–H and O–H groups in total. The Kier molecular flexibility index (Phi) is 5.03. The predicted molar refractivity (Wildman–Crippen MR) is 94.1 cm³/mol. The molecule has 1 aliphatic heterocycles. The van der Waals surface area contributed by atoms with E-state index in [4.69, 9.17) is 0 Å². The number of hydrogen-bond acceptors (Lipinski definition) is 4. The maximum absolute atomic E-state index is 12.4. The fraction of sp³-hybridized carbons (Fsp3) is 0.500. The SMILES string of the molecule is Cc1ccc(C2CCN(C(=O)NCc3nc([C@@H](C)O)n[nH]3)C2)c(C)c1. The number of H-pyrrole nitrogens is 1. The number of nitrogens with zero attached hydrogens (tertiary/aromatic N) is 3. The minimum absolute atomic E-state index is 0.0951. The quantitative estimate of drug-likeness (QED) is 0.793. The highest BCUT2D eigenvalue weighted by Crippen LogP contribution is 2.29. The Hall–Kier alpha value is -2.41. The highest BCUT2D eigenvalue weighted by molar-refractivity contribution is 5.74. The van der Waals surface area contributed by atoms with Crippen LogP contribution in [0.2, 0.25) is 0 Å². The van der Waals surface area contributed by atoms with Gasteiger partial charge >= 0.3 is 6.03 Å². The number of aromatic nitrogens is 3. The maximum Gasteiger partial charge on any atom is 0.317 e. The van der Waals surface area contributed by atoms with Gasteiger partial charge in [-0.3, -0.25) is 5.10 Å². The molecular formula is C18H25N5O2. The van der Waals surface area contributed by atoms with Crippen LogP contribution in [-0.2, 0) is 6.54 Å². The van der Waals surface area contributed by atoms with Gasteiger partial charge in [-0.25, -0.2) is 9.78 Å². The van der Waals surface area contributed by atoms with Gasteiger partial charge in [-0.1, -0.05) is 23.8 Å². The number of aryl methyl sites for hydroxylation is 2. The summed E-state index contributed by atoms with van der Waals surface area (Å²) >= 11 is 0. The predicted octanol–water partition coefficient (Wildman–Crippen LogP) is 2.17. The molecule has 3 rings (SSSR count). The van der Waals surface area contributed by atoms with E-state index in [1.54, 1.807) is 6.92 Å². The molecule has 0 aliphatic carbocycles. The van der Waals surface area contributed by atoms with Gasteiger partial charge in [0.2, 0.25) is 0 Å². The van der Waals surface area contributed by atoms with Gasteiger partial charge in [0, 0.05) is 19.0 Å². The molecule has 7 heteroatoms. The molecule has 1 unspecified atom stereocenters. The molecule has 2 amide bonds. The largest absolute Gasteiger partial charge is 0.385 e. The average Bonchev–Trinajstić information content (AvgIpc) is 3.22. The summed E-state index contributed by atoms with van der Waals surface area (Å²) < 4.78 is 0. The van der Waals surface area contributed by atoms with Crippen molar-refractivity contribution in [1.29, 1.82) is 0 Å². The molecule has 2 atom stereocenters. The molecule has 134 valence electrons. The number of aliphatic hydroxyl groups excluding tert-OH is 1. The first-order valence-corrected chi connectivity index (χ1v) is 8.63. The van der Waals surface area contributed by atoms with Crippen molar-refractivity contribution < 1.29 is 9.90 Å². The van der Waals surface area contributed by atoms with Crippen molar-refractivity contribution in [2.45, 2.75) is 45.8 Å². The first-order valence-electron chi connectivity index (χ1n) is 8.63. The van der Waals surface area contributed by atoms with Crippen molar-refractivity contribution in [3.05, 3.63) is 46.5 Å². The second-order valence-corrected chi connectivity index (χ2v) is 6.77. The molecule has 2 aromatic rings. The number of amides is 2. The van der Waals surface area contributed by atoms with Crippen molar-refractivity contribution in [3.63, 3.8) is 0 Å². The Balaban J connectivity index is 1.55. The van der Waals surface area contributed by atoms with Crippen LogP contribution in [0.5, 0.6) is 0 Å². The first-order chi connectivity index (χ1) is 11.9. The fourth-order valence-corrected chi connectivity index (χ4v) is 3.33. The Morgan fingerprint density at radius 1 is 1.48 bits per heavy atom. The van der Waals surface area contributed by atoms with E-state index in [-0.39, 0.29) is 12.6 Å². The van der Waals surface area contributed by atoms with Crippen LogP contribution >= 0.6 is 0 Å². The third kappa shape index (κ3) is 3.99. The zero-order valence-electron chi connectivity index (χ0n) is 14.9. The molecule has 1 aliphatic rings. The fourth-order valence-electron chi connectivity index (χ4n) is 3.33. The summed E-state index contributed by atoms with van der Waals surface area (Å²) in [4.78, 5) is 18.4. The van der Waals surface area contributed by atoms with Crippen LogP contribution in [0.15, 0.2) is 18.2 Å². The number of aliphatic hydroxyl groups is 1. The second kappa shape index (κ2) is 7.23. The standard InChI is InChI=1S/C18H25N5O2/c1-11-4-5-15(12(2)8-11)14-6-7-23(10-14)18(25)19-9-16-20-17(13(3)24)22-21-16/h4-5,8,13-14,24H,6-7,9-10H2,1-3H3,(H,19,25)(H,20,21,22)/t13-,14?/m1/s1. The molecule has 1 saturated heterocycles. The van der Waals surface area contributed by atoms with Gasteiger partial charge in [-0.05, 0) is 38.3 Å². The molecule has 0 spiro atoms. The lowest BCUT2D eigenvalue weighted by Gasteiger charge is -2.18. The number of carbonyl (C=O) groups excluding carboxylic acids is 1. The number of nitrogens with one attached hydrogen (secondary N) is 2. The summed E-state index contributed by atoms with van der Waals surface area (Å²) in [5.41, 5.74) is 3.88. The maximum atomic E-state index is 12.4. The Bertz CT molecular complexity index is 756. The van der Waals surface area contributed by atoms with Gasteiger partial charge in [-0.2, -0.15) is 5.10 Å². The number of rotatable bonds is 4. The highest BCUT2D eigenvalue weighted by atomic mass is 16.3. The van der Waals surface area contributed by atoms with E-state index >= 15 is 0 Å². The number of benzene rings is 1. The van der Waals surface area contributed by atoms with Crippen LogP contribution in [0.4, 0.5) is 4.79 Å². The summed E-state index contributed by atoms with van der Waals surface area (Å²) in [5.74, 6) is 1.26. The zero-order valence-corrected chi connectivity index (χ0v) is 14.9. The van der Waals surface area contributed by atoms with E-state index < -0.39 is 6.10 Å². The number of carbonyl (C=O) groups is 1. The summed E-state index contributed by atoms with van der Waals surface area (Å²) in [6.45, 7) is 7.57. The molecule has 1 aromatic carbocycles. The van der Waals surface area contributed by atoms with Crippen molar-refractivity contribution in [1.82, 2.24) is 25.4 Å². The van der Waals surface area contributed by atoms with E-state index in [1.165, 1.54) is 16.7 Å². The van der Waals surface area contributed by atoms with Crippen LogP contribution in [0.25, 0.3) is 0 Å². The van der Waals surface area contributed by atoms with E-state index in [0.717, 1.165) is 19.5 Å². The second-order valence-electron chi connectivity index (χ2n) is 6.77. The minimum Gasteiger partial charge on any atom is -0.385 e. The lowest BCUT2D eigenvalue weighted by molar-refractivity contribution is 0.189. The van der Waals surface area contributed by atoms with E-state index in [1.807, 2.05) is 4.90 Å². The highest BCUT2D eigenvalue weighted by Gasteiger charge is 2.28. The summed E-state index contributed by atoms with van der Waals surface area (Å²) in [5, 5.41) is 18.9. The van der Waals surface area contributed by atoms with Crippen LogP contribution in [0.3, 0.4) is 0 Å². The molecule has 1 aromatic heterocycles. The molecular weight excluding hydrogens is 318 g/mol. The van der Waals surface area contributed by atoms with E-state index in [2.05, 4.69) is 52.5 Å². The number of likely N-dealkylation sites (tertiary alicyclic amines) is 1. The first kappa shape index (κ1) is 17.4. The molecule has 0 bridgehead atoms. The Morgan fingerprint density at radius 3 is 2.96 bits per heavy atom. The van der Waals surface area contributed by atoms with Crippen molar-refractivity contribution in [3.8, 4) is 0 Å². The van der Waals surface area contributed by atoms with Gasteiger partial charge in [0.1, 0.15) is 11.9 Å². The van der Waals surface area contributed by atoms with Crippen LogP contribution < -0.4 is 5.32 Å². The van der Waals surface area contributed by atoms with Crippen molar-refractivity contribution in [2.24, 2.45) is 0 Å². The van der Waals surface area contributed by atoms with E-state index in [9.17, 15) is 9.90 Å². The van der Waals surface area contributed by atoms with Gasteiger partial charge in [0.15, 0.2) is 5.82 Å². The average molecular weight is 343 g/mol. The monoisotopic (exact) mass is 343 g/mol. The minimum atomic E-state index is -0.724. The Labute approximate surface area is 147 Å². The third-order valence-corrected chi connectivity index (χ3v) is 4.67. The van der Waals surface area contributed by atoms with E-state index in [0.29, 0.717) is 17.6 Å². The number of hydrogen-bond donors (Lipinski definition) is 3. The van der Waals surface area contributed by atoms with Gasteiger partial charge < -0.3 is 15.3 Å². The molecule has 2 heterocycles. The topological polar surface area (TPSA) is 94.1 Å². The molecule has 0 radical (unpaired) electrons. The van der Waals surface area contributed by atoms with Crippen LogP contribution in [0, 0.1) is 13.8 Å². The molecule has 7 nitrogen and oxygen atoms in total. The lowest BCUT2D eigenvalue weighted by Crippen LogP contribution is -2.38. The van der Waals surface area contributed by atoms with Gasteiger partial charge in [0.25, 0.3) is 0 Å². The summed E-state index contributed by atoms with van der Waals surface area (Å²) in [6, 6.07) is 6.42. The lowest BCUT2D eigenvalue weighted by atomic mass is 9.93. The van der Waals surface area contributed by atoms with Gasteiger partial charge in [0.05, 0.1) is 6.54 Å². The van der Waals surface area contributed by atoms with Gasteiger partial charge in [-0.15, -0.1) is 0 Å². The number of urea groups is 1. The van der Waals surface area contributed by atoms with Crippen LogP contribution in [0.1, 0.15) is 53.7 Å².